The number of hydrogen-bond acceptors (Lipinski definition) is 5. The molecule has 1 saturated heterocycles. The Balaban J connectivity index is 2.75. The van der Waals surface area contributed by atoms with E-state index in [0.717, 1.165) is 0 Å². The van der Waals surface area contributed by atoms with Crippen LogP contribution in [0.15, 0.2) is 0 Å². The molecule has 0 radical (unpaired) electrons. The minimum atomic E-state index is -3.01. The first kappa shape index (κ1) is 11.5. The summed E-state index contributed by atoms with van der Waals surface area (Å²) in [6.45, 7) is 0. The van der Waals surface area contributed by atoms with Crippen LogP contribution < -0.4 is 5.73 Å². The summed E-state index contributed by atoms with van der Waals surface area (Å²) in [5.41, 5.74) is 5.71. The number of carbonyl (C=O) groups excluding carboxylic acids is 1. The molecule has 5 nitrogen and oxygen atoms in total. The third-order valence-electron chi connectivity index (χ3n) is 2.52. The Kier molecular flexibility index (Phi) is 3.49. The number of hydrogen-bond donors (Lipinski definition) is 1. The largest absolute Gasteiger partial charge is 0.469 e. The van der Waals surface area contributed by atoms with Gasteiger partial charge in [0, 0.05) is 6.04 Å². The summed E-state index contributed by atoms with van der Waals surface area (Å²) in [7, 11) is -1.73. The summed E-state index contributed by atoms with van der Waals surface area (Å²) >= 11 is 0. The van der Waals surface area contributed by atoms with Crippen molar-refractivity contribution in [2.75, 3.05) is 18.6 Å². The summed E-state index contributed by atoms with van der Waals surface area (Å²) in [5, 5.41) is 0. The van der Waals surface area contributed by atoms with Crippen LogP contribution in [0.3, 0.4) is 0 Å². The van der Waals surface area contributed by atoms with Crippen molar-refractivity contribution < 1.29 is 17.9 Å². The molecule has 0 saturated carbocycles. The lowest BCUT2D eigenvalue weighted by Crippen LogP contribution is -2.36. The van der Waals surface area contributed by atoms with Crippen molar-refractivity contribution in [3.05, 3.63) is 0 Å². The molecule has 1 rings (SSSR count). The van der Waals surface area contributed by atoms with E-state index in [0.29, 0.717) is 6.42 Å². The maximum atomic E-state index is 11.3. The number of nitrogens with two attached hydrogens (primary N) is 1. The number of carbonyl (C=O) groups is 1. The number of rotatable bonds is 1. The molecule has 0 aromatic rings. The van der Waals surface area contributed by atoms with Crippen LogP contribution >= 0.6 is 0 Å². The van der Waals surface area contributed by atoms with Crippen LogP contribution in [0.25, 0.3) is 0 Å². The Morgan fingerprint density at radius 3 is 2.50 bits per heavy atom. The molecular formula is C8H15NO4S. The molecule has 0 aromatic carbocycles. The van der Waals surface area contributed by atoms with E-state index in [1.165, 1.54) is 7.11 Å². The highest BCUT2D eigenvalue weighted by Crippen LogP contribution is 2.19. The molecule has 0 bridgehead atoms. The molecule has 6 heteroatoms. The maximum Gasteiger partial charge on any atom is 0.310 e. The van der Waals surface area contributed by atoms with Crippen LogP contribution in [0.5, 0.6) is 0 Å². The van der Waals surface area contributed by atoms with E-state index in [1.807, 2.05) is 0 Å². The van der Waals surface area contributed by atoms with Gasteiger partial charge < -0.3 is 10.5 Å². The molecule has 1 aliphatic heterocycles. The smallest absolute Gasteiger partial charge is 0.310 e. The molecule has 1 aliphatic rings. The Morgan fingerprint density at radius 2 is 1.93 bits per heavy atom. The lowest BCUT2D eigenvalue weighted by Gasteiger charge is -2.17. The predicted molar refractivity (Wildman–Crippen MR) is 51.4 cm³/mol. The van der Waals surface area contributed by atoms with Crippen molar-refractivity contribution in [3.8, 4) is 0 Å². The van der Waals surface area contributed by atoms with Crippen molar-refractivity contribution in [1.82, 2.24) is 0 Å². The van der Waals surface area contributed by atoms with Gasteiger partial charge in [-0.25, -0.2) is 8.42 Å². The molecule has 1 heterocycles. The number of ether oxygens (including phenoxy) is 1. The highest BCUT2D eigenvalue weighted by Gasteiger charge is 2.32. The van der Waals surface area contributed by atoms with Gasteiger partial charge in [-0.1, -0.05) is 0 Å². The summed E-state index contributed by atoms with van der Waals surface area (Å²) in [5.74, 6) is -0.783. The van der Waals surface area contributed by atoms with Crippen LogP contribution in [-0.4, -0.2) is 39.0 Å². The average molecular weight is 221 g/mol. The minimum Gasteiger partial charge on any atom is -0.469 e. The molecule has 0 unspecified atom stereocenters. The zero-order valence-corrected chi connectivity index (χ0v) is 8.92. The normalized spacial score (nSPS) is 31.9. The van der Waals surface area contributed by atoms with Crippen LogP contribution in [0.4, 0.5) is 0 Å². The molecule has 14 heavy (non-hydrogen) atoms. The second-order valence-corrected chi connectivity index (χ2v) is 5.83. The van der Waals surface area contributed by atoms with Crippen LogP contribution in [-0.2, 0) is 19.4 Å². The van der Waals surface area contributed by atoms with Crippen molar-refractivity contribution in [1.29, 1.82) is 0 Å². The van der Waals surface area contributed by atoms with Crippen molar-refractivity contribution >= 4 is 15.8 Å². The van der Waals surface area contributed by atoms with Gasteiger partial charge in [-0.3, -0.25) is 4.79 Å². The fraction of sp³-hybridized carbons (Fsp3) is 0.875. The van der Waals surface area contributed by atoms with E-state index in [4.69, 9.17) is 5.73 Å². The Labute approximate surface area is 83.5 Å². The zero-order chi connectivity index (χ0) is 10.8. The van der Waals surface area contributed by atoms with Gasteiger partial charge in [0.1, 0.15) is 9.84 Å². The quantitative estimate of drug-likeness (QED) is 0.592. The summed E-state index contributed by atoms with van der Waals surface area (Å²) in [6.07, 6.45) is 0.609. The molecule has 2 atom stereocenters. The van der Waals surface area contributed by atoms with Gasteiger partial charge in [0.2, 0.25) is 0 Å². The number of methoxy groups -OCH3 is 1. The Hall–Kier alpha value is -0.620. The minimum absolute atomic E-state index is 0.0282. The molecule has 0 spiro atoms. The lowest BCUT2D eigenvalue weighted by atomic mass is 9.96. The molecule has 2 N–H and O–H groups in total. The van der Waals surface area contributed by atoms with Gasteiger partial charge in [0.15, 0.2) is 0 Å². The third-order valence-corrected chi connectivity index (χ3v) is 4.24. The van der Waals surface area contributed by atoms with E-state index in [2.05, 4.69) is 4.74 Å². The van der Waals surface area contributed by atoms with Gasteiger partial charge in [-0.15, -0.1) is 0 Å². The second-order valence-electron chi connectivity index (χ2n) is 3.52. The van der Waals surface area contributed by atoms with Gasteiger partial charge in [-0.05, 0) is 12.8 Å². The van der Waals surface area contributed by atoms with Gasteiger partial charge >= 0.3 is 5.97 Å². The SMILES string of the molecule is COC(=O)[C@H]1CCS(=O)(=O)CC[C@H]1N. The fourth-order valence-corrected chi connectivity index (χ4v) is 3.03. The van der Waals surface area contributed by atoms with Gasteiger partial charge in [0.05, 0.1) is 24.5 Å². The maximum absolute atomic E-state index is 11.3. The molecule has 0 amide bonds. The van der Waals surface area contributed by atoms with E-state index in [-0.39, 0.29) is 17.9 Å². The molecule has 0 aromatic heterocycles. The van der Waals surface area contributed by atoms with Crippen LogP contribution in [0.1, 0.15) is 12.8 Å². The van der Waals surface area contributed by atoms with E-state index in [9.17, 15) is 13.2 Å². The first-order chi connectivity index (χ1) is 6.46. The predicted octanol–water partition coefficient (Wildman–Crippen LogP) is -0.688. The highest BCUT2D eigenvalue weighted by molar-refractivity contribution is 7.91. The zero-order valence-electron chi connectivity index (χ0n) is 8.10. The van der Waals surface area contributed by atoms with Gasteiger partial charge in [0.25, 0.3) is 0 Å². The van der Waals surface area contributed by atoms with Crippen LogP contribution in [0, 0.1) is 5.92 Å². The number of esters is 1. The van der Waals surface area contributed by atoms with Crippen LogP contribution in [0.2, 0.25) is 0 Å². The number of sulfone groups is 1. The van der Waals surface area contributed by atoms with Gasteiger partial charge in [-0.2, -0.15) is 0 Å². The standard InChI is InChI=1S/C8H15NO4S/c1-13-8(10)6-2-4-14(11,12)5-3-7(6)9/h6-7H,2-5,9H2,1H3/t6-,7+/m0/s1. The fourth-order valence-electron chi connectivity index (χ4n) is 1.58. The molecule has 0 aliphatic carbocycles. The first-order valence-electron chi connectivity index (χ1n) is 4.50. The van der Waals surface area contributed by atoms with E-state index < -0.39 is 27.8 Å². The topological polar surface area (TPSA) is 86.5 Å². The van der Waals surface area contributed by atoms with E-state index in [1.54, 1.807) is 0 Å². The summed E-state index contributed by atoms with van der Waals surface area (Å²) in [4.78, 5) is 11.2. The molecule has 1 fully saturated rings. The Bertz CT molecular complexity index is 311. The monoisotopic (exact) mass is 221 g/mol. The van der Waals surface area contributed by atoms with Crippen molar-refractivity contribution in [3.63, 3.8) is 0 Å². The first-order valence-corrected chi connectivity index (χ1v) is 6.32. The van der Waals surface area contributed by atoms with Crippen molar-refractivity contribution in [2.45, 2.75) is 18.9 Å². The molecule has 82 valence electrons. The third kappa shape index (κ3) is 2.68. The summed E-state index contributed by atoms with van der Waals surface area (Å²) < 4.78 is 27.1. The Morgan fingerprint density at radius 1 is 1.36 bits per heavy atom. The highest BCUT2D eigenvalue weighted by atomic mass is 32.2. The van der Waals surface area contributed by atoms with E-state index >= 15 is 0 Å². The summed E-state index contributed by atoms with van der Waals surface area (Å²) in [6, 6.07) is -0.403. The molecular weight excluding hydrogens is 206 g/mol. The van der Waals surface area contributed by atoms with Crippen molar-refractivity contribution in [2.24, 2.45) is 11.7 Å². The average Bonchev–Trinajstić information content (AvgIpc) is 2.26. The second kappa shape index (κ2) is 4.27. The lowest BCUT2D eigenvalue weighted by molar-refractivity contribution is -0.146.